The van der Waals surface area contributed by atoms with Crippen molar-refractivity contribution in [1.82, 2.24) is 10.3 Å². The van der Waals surface area contributed by atoms with Gasteiger partial charge in [-0.25, -0.2) is 9.78 Å². The zero-order valence-corrected chi connectivity index (χ0v) is 11.4. The van der Waals surface area contributed by atoms with E-state index in [9.17, 15) is 9.59 Å². The van der Waals surface area contributed by atoms with Crippen LogP contribution >= 0.6 is 0 Å². The second kappa shape index (κ2) is 6.72. The van der Waals surface area contributed by atoms with E-state index in [2.05, 4.69) is 15.6 Å². The number of anilines is 1. The van der Waals surface area contributed by atoms with Gasteiger partial charge in [-0.05, 0) is 32.4 Å². The number of rotatable bonds is 6. The van der Waals surface area contributed by atoms with Gasteiger partial charge in [0.15, 0.2) is 0 Å². The van der Waals surface area contributed by atoms with E-state index < -0.39 is 12.0 Å². The molecule has 6 nitrogen and oxygen atoms in total. The predicted octanol–water partition coefficient (Wildman–Crippen LogP) is 1.28. The molecule has 1 aromatic heterocycles. The lowest BCUT2D eigenvalue weighted by atomic mass is 10.2. The molecule has 0 aromatic carbocycles. The molecule has 1 aromatic rings. The van der Waals surface area contributed by atoms with Gasteiger partial charge in [-0.3, -0.25) is 4.79 Å². The predicted molar refractivity (Wildman–Crippen MR) is 72.3 cm³/mol. The van der Waals surface area contributed by atoms with E-state index in [-0.39, 0.29) is 11.5 Å². The second-order valence-electron chi connectivity index (χ2n) is 4.15. The molecule has 104 valence electrons. The Morgan fingerprint density at radius 2 is 2.05 bits per heavy atom. The van der Waals surface area contributed by atoms with E-state index in [0.717, 1.165) is 0 Å². The third-order valence-corrected chi connectivity index (χ3v) is 2.60. The number of likely N-dealkylation sites (N-methyl/N-ethyl adjacent to an activating group) is 1. The first-order valence-electron chi connectivity index (χ1n) is 6.26. The summed E-state index contributed by atoms with van der Waals surface area (Å²) < 4.78 is 0. The molecular formula is C13H19N3O3. The molecule has 0 saturated heterocycles. The van der Waals surface area contributed by atoms with Crippen LogP contribution in [0.15, 0.2) is 12.1 Å². The van der Waals surface area contributed by atoms with E-state index in [1.54, 1.807) is 6.92 Å². The molecule has 0 aliphatic heterocycles. The average Bonchev–Trinajstić information content (AvgIpc) is 2.38. The molecule has 1 heterocycles. The number of hydrogen-bond donors (Lipinski definition) is 3. The number of aromatic carboxylic acids is 1. The highest BCUT2D eigenvalue weighted by molar-refractivity contribution is 5.89. The molecule has 1 amide bonds. The van der Waals surface area contributed by atoms with Crippen LogP contribution in [0.1, 0.15) is 36.8 Å². The number of carbonyl (C=O) groups is 2. The molecule has 1 rings (SSSR count). The van der Waals surface area contributed by atoms with Gasteiger partial charge in [-0.15, -0.1) is 0 Å². The number of hydrogen-bond acceptors (Lipinski definition) is 4. The summed E-state index contributed by atoms with van der Waals surface area (Å²) in [7, 11) is 0. The van der Waals surface area contributed by atoms with Gasteiger partial charge >= 0.3 is 5.97 Å². The summed E-state index contributed by atoms with van der Waals surface area (Å²) in [5, 5.41) is 14.6. The molecule has 0 spiro atoms. The summed E-state index contributed by atoms with van der Waals surface area (Å²) in [5.41, 5.74) is 0.836. The van der Waals surface area contributed by atoms with Crippen molar-refractivity contribution in [2.24, 2.45) is 0 Å². The van der Waals surface area contributed by atoms with Crippen LogP contribution in [-0.2, 0) is 11.2 Å². The van der Waals surface area contributed by atoms with Crippen LogP contribution in [0.4, 0.5) is 5.82 Å². The highest BCUT2D eigenvalue weighted by Gasteiger charge is 2.14. The van der Waals surface area contributed by atoms with Crippen molar-refractivity contribution in [3.63, 3.8) is 0 Å². The average molecular weight is 265 g/mol. The van der Waals surface area contributed by atoms with E-state index >= 15 is 0 Å². The van der Waals surface area contributed by atoms with E-state index in [0.29, 0.717) is 24.5 Å². The van der Waals surface area contributed by atoms with Gasteiger partial charge in [0, 0.05) is 12.2 Å². The standard InChI is InChI=1S/C13H19N3O3/c1-4-10-6-9(13(18)19)7-11(16-10)15-8(3)12(17)14-5-2/h6-8H,4-5H2,1-3H3,(H,14,17)(H,15,16)(H,18,19). The van der Waals surface area contributed by atoms with E-state index in [1.807, 2.05) is 13.8 Å². The summed E-state index contributed by atoms with van der Waals surface area (Å²) >= 11 is 0. The minimum atomic E-state index is -1.01. The first-order valence-corrected chi connectivity index (χ1v) is 6.26. The Bertz CT molecular complexity index is 474. The fraction of sp³-hybridized carbons (Fsp3) is 0.462. The third kappa shape index (κ3) is 4.24. The number of nitrogens with zero attached hydrogens (tertiary/aromatic N) is 1. The number of amides is 1. The number of carbonyl (C=O) groups excluding carboxylic acids is 1. The molecule has 0 aliphatic rings. The smallest absolute Gasteiger partial charge is 0.335 e. The Labute approximate surface area is 112 Å². The Hall–Kier alpha value is -2.11. The molecule has 3 N–H and O–H groups in total. The van der Waals surface area contributed by atoms with Crippen LogP contribution in [0, 0.1) is 0 Å². The molecule has 1 atom stereocenters. The molecule has 1 unspecified atom stereocenters. The van der Waals surface area contributed by atoms with Gasteiger partial charge in [-0.2, -0.15) is 0 Å². The normalized spacial score (nSPS) is 11.7. The van der Waals surface area contributed by atoms with E-state index in [4.69, 9.17) is 5.11 Å². The van der Waals surface area contributed by atoms with Crippen molar-refractivity contribution in [3.05, 3.63) is 23.4 Å². The van der Waals surface area contributed by atoms with Crippen molar-refractivity contribution in [2.45, 2.75) is 33.2 Å². The fourth-order valence-electron chi connectivity index (χ4n) is 1.58. The Balaban J connectivity index is 2.91. The maximum atomic E-state index is 11.6. The highest BCUT2D eigenvalue weighted by Crippen LogP contribution is 2.12. The largest absolute Gasteiger partial charge is 0.478 e. The number of carboxylic acids is 1. The zero-order chi connectivity index (χ0) is 14.4. The Morgan fingerprint density at radius 3 is 2.58 bits per heavy atom. The van der Waals surface area contributed by atoms with Crippen LogP contribution in [0.3, 0.4) is 0 Å². The quantitative estimate of drug-likeness (QED) is 0.720. The summed E-state index contributed by atoms with van der Waals surface area (Å²) in [6.07, 6.45) is 0.630. The van der Waals surface area contributed by atoms with Crippen molar-refractivity contribution >= 4 is 17.7 Å². The Morgan fingerprint density at radius 1 is 1.37 bits per heavy atom. The van der Waals surface area contributed by atoms with Gasteiger partial charge in [0.1, 0.15) is 11.9 Å². The van der Waals surface area contributed by atoms with Gasteiger partial charge in [0.25, 0.3) is 0 Å². The van der Waals surface area contributed by atoms with Crippen LogP contribution in [0.25, 0.3) is 0 Å². The van der Waals surface area contributed by atoms with Crippen LogP contribution < -0.4 is 10.6 Å². The molecule has 6 heteroatoms. The molecule has 19 heavy (non-hydrogen) atoms. The monoisotopic (exact) mass is 265 g/mol. The molecule has 0 saturated carbocycles. The van der Waals surface area contributed by atoms with Gasteiger partial charge in [0.05, 0.1) is 5.56 Å². The van der Waals surface area contributed by atoms with Crippen molar-refractivity contribution in [2.75, 3.05) is 11.9 Å². The maximum Gasteiger partial charge on any atom is 0.335 e. The second-order valence-corrected chi connectivity index (χ2v) is 4.15. The summed E-state index contributed by atoms with van der Waals surface area (Å²) in [4.78, 5) is 26.9. The number of pyridine rings is 1. The zero-order valence-electron chi connectivity index (χ0n) is 11.4. The number of aromatic nitrogens is 1. The van der Waals surface area contributed by atoms with Gasteiger partial charge in [-0.1, -0.05) is 6.92 Å². The van der Waals surface area contributed by atoms with Crippen LogP contribution in [0.2, 0.25) is 0 Å². The maximum absolute atomic E-state index is 11.6. The summed E-state index contributed by atoms with van der Waals surface area (Å²) in [6, 6.07) is 2.49. The van der Waals surface area contributed by atoms with E-state index in [1.165, 1.54) is 12.1 Å². The number of aryl methyl sites for hydroxylation is 1. The van der Waals surface area contributed by atoms with Gasteiger partial charge < -0.3 is 15.7 Å². The minimum Gasteiger partial charge on any atom is -0.478 e. The number of carboxylic acid groups (broad SMARTS) is 1. The molecule has 0 bridgehead atoms. The van der Waals surface area contributed by atoms with Crippen LogP contribution in [-0.4, -0.2) is 34.6 Å². The third-order valence-electron chi connectivity index (χ3n) is 2.60. The van der Waals surface area contributed by atoms with Crippen molar-refractivity contribution < 1.29 is 14.7 Å². The molecule has 0 aliphatic carbocycles. The number of nitrogens with one attached hydrogen (secondary N) is 2. The minimum absolute atomic E-state index is 0.150. The lowest BCUT2D eigenvalue weighted by molar-refractivity contribution is -0.121. The fourth-order valence-corrected chi connectivity index (χ4v) is 1.58. The highest BCUT2D eigenvalue weighted by atomic mass is 16.4. The lowest BCUT2D eigenvalue weighted by Gasteiger charge is -2.15. The molecule has 0 fully saturated rings. The molecule has 0 radical (unpaired) electrons. The van der Waals surface area contributed by atoms with Crippen molar-refractivity contribution in [3.8, 4) is 0 Å². The SMILES string of the molecule is CCNC(=O)C(C)Nc1cc(C(=O)O)cc(CC)n1. The lowest BCUT2D eigenvalue weighted by Crippen LogP contribution is -2.37. The topological polar surface area (TPSA) is 91.3 Å². The first-order chi connectivity index (χ1) is 8.97. The summed E-state index contributed by atoms with van der Waals surface area (Å²) in [6.45, 7) is 5.98. The van der Waals surface area contributed by atoms with Crippen LogP contribution in [0.5, 0.6) is 0 Å². The first kappa shape index (κ1) is 14.9. The molecular weight excluding hydrogens is 246 g/mol. The Kier molecular flexibility index (Phi) is 5.29. The van der Waals surface area contributed by atoms with Crippen molar-refractivity contribution in [1.29, 1.82) is 0 Å². The van der Waals surface area contributed by atoms with Gasteiger partial charge in [0.2, 0.25) is 5.91 Å². The summed E-state index contributed by atoms with van der Waals surface area (Å²) in [5.74, 6) is -0.760.